The summed E-state index contributed by atoms with van der Waals surface area (Å²) in [5, 5.41) is 2.42. The standard InChI is InChI=1S/C21H23O3P/c1-23-21(24-2)25(22,18-12-6-3-7-13-18,19-14-8-4-9-15-19)20-16-10-5-11-17-20/h3-17,21-22H,1-2H3. The molecule has 130 valence electrons. The second-order valence-electron chi connectivity index (χ2n) is 5.92. The molecule has 3 aromatic carbocycles. The zero-order valence-electron chi connectivity index (χ0n) is 14.4. The third-order valence-electron chi connectivity index (χ3n) is 4.65. The molecule has 0 amide bonds. The zero-order valence-corrected chi connectivity index (χ0v) is 15.3. The Morgan fingerprint density at radius 2 is 0.880 bits per heavy atom. The van der Waals surface area contributed by atoms with Gasteiger partial charge in [0.2, 0.25) is 0 Å². The van der Waals surface area contributed by atoms with Crippen molar-refractivity contribution in [3.8, 4) is 0 Å². The Hall–Kier alpha value is -2.03. The number of ether oxygens (including phenoxy) is 2. The Morgan fingerprint density at radius 3 is 1.12 bits per heavy atom. The van der Waals surface area contributed by atoms with Gasteiger partial charge in [0.05, 0.1) is 0 Å². The fraction of sp³-hybridized carbons (Fsp3) is 0.143. The second kappa shape index (κ2) is 7.07. The fourth-order valence-corrected chi connectivity index (χ4v) is 8.28. The third kappa shape index (κ3) is 2.61. The van der Waals surface area contributed by atoms with Crippen LogP contribution >= 0.6 is 6.83 Å². The van der Waals surface area contributed by atoms with Crippen LogP contribution in [0.1, 0.15) is 0 Å². The van der Waals surface area contributed by atoms with E-state index in [1.54, 1.807) is 14.2 Å². The quantitative estimate of drug-likeness (QED) is 0.546. The average molecular weight is 354 g/mol. The molecular formula is C21H23O3P. The monoisotopic (exact) mass is 354 g/mol. The summed E-state index contributed by atoms with van der Waals surface area (Å²) in [4.78, 5) is 12.7. The van der Waals surface area contributed by atoms with Crippen LogP contribution in [0, 0.1) is 0 Å². The minimum atomic E-state index is -4.01. The van der Waals surface area contributed by atoms with E-state index in [0.717, 1.165) is 15.9 Å². The molecule has 0 aromatic heterocycles. The predicted octanol–water partition coefficient (Wildman–Crippen LogP) is 3.00. The van der Waals surface area contributed by atoms with Crippen molar-refractivity contribution in [2.24, 2.45) is 0 Å². The summed E-state index contributed by atoms with van der Waals surface area (Å²) in [5.41, 5.74) is 0. The zero-order chi connectivity index (χ0) is 17.8. The van der Waals surface area contributed by atoms with Gasteiger partial charge in [-0.2, -0.15) is 0 Å². The Morgan fingerprint density at radius 1 is 0.600 bits per heavy atom. The first-order valence-corrected chi connectivity index (χ1v) is 10.4. The van der Waals surface area contributed by atoms with Gasteiger partial charge in [-0.05, 0) is 0 Å². The molecule has 0 heterocycles. The van der Waals surface area contributed by atoms with Gasteiger partial charge in [0.25, 0.3) is 0 Å². The first kappa shape index (κ1) is 17.8. The van der Waals surface area contributed by atoms with Crippen molar-refractivity contribution in [3.05, 3.63) is 91.0 Å². The van der Waals surface area contributed by atoms with E-state index in [9.17, 15) is 4.89 Å². The van der Waals surface area contributed by atoms with E-state index in [2.05, 4.69) is 0 Å². The Kier molecular flexibility index (Phi) is 5.03. The molecule has 0 aliphatic carbocycles. The van der Waals surface area contributed by atoms with Gasteiger partial charge in [-0.15, -0.1) is 0 Å². The van der Waals surface area contributed by atoms with E-state index in [1.165, 1.54) is 0 Å². The normalized spacial score (nSPS) is 13.4. The molecule has 0 aliphatic rings. The molecule has 4 heteroatoms. The number of methoxy groups -OCH3 is 2. The summed E-state index contributed by atoms with van der Waals surface area (Å²) < 4.78 is 11.4. The molecule has 3 rings (SSSR count). The first-order chi connectivity index (χ1) is 12.2. The number of rotatable bonds is 6. The van der Waals surface area contributed by atoms with Gasteiger partial charge >= 0.3 is 148 Å². The van der Waals surface area contributed by atoms with Crippen molar-refractivity contribution >= 4 is 22.7 Å². The maximum absolute atomic E-state index is 12.7. The van der Waals surface area contributed by atoms with E-state index in [-0.39, 0.29) is 0 Å². The van der Waals surface area contributed by atoms with E-state index < -0.39 is 12.9 Å². The molecule has 0 spiro atoms. The van der Waals surface area contributed by atoms with E-state index in [0.29, 0.717) is 0 Å². The van der Waals surface area contributed by atoms with Crippen molar-refractivity contribution in [1.82, 2.24) is 0 Å². The molecule has 3 aromatic rings. The number of hydrogen-bond donors (Lipinski definition) is 1. The van der Waals surface area contributed by atoms with E-state index in [1.807, 2.05) is 91.0 Å². The van der Waals surface area contributed by atoms with Crippen LogP contribution in [0.2, 0.25) is 0 Å². The third-order valence-corrected chi connectivity index (χ3v) is 9.92. The van der Waals surface area contributed by atoms with Gasteiger partial charge in [-0.1, -0.05) is 0 Å². The Labute approximate surface area is 148 Å². The number of benzene rings is 3. The second-order valence-corrected chi connectivity index (χ2v) is 10.2. The van der Waals surface area contributed by atoms with Crippen molar-refractivity contribution < 1.29 is 14.4 Å². The van der Waals surface area contributed by atoms with Crippen LogP contribution in [0.4, 0.5) is 0 Å². The van der Waals surface area contributed by atoms with Gasteiger partial charge < -0.3 is 0 Å². The van der Waals surface area contributed by atoms with Gasteiger partial charge in [-0.25, -0.2) is 0 Å². The van der Waals surface area contributed by atoms with Gasteiger partial charge in [0, 0.05) is 0 Å². The van der Waals surface area contributed by atoms with E-state index >= 15 is 0 Å². The topological polar surface area (TPSA) is 38.7 Å². The van der Waals surface area contributed by atoms with Crippen LogP contribution in [0.5, 0.6) is 0 Å². The summed E-state index contributed by atoms with van der Waals surface area (Å²) >= 11 is 0. The predicted molar refractivity (Wildman–Crippen MR) is 105 cm³/mol. The molecule has 0 unspecified atom stereocenters. The van der Waals surface area contributed by atoms with Crippen LogP contribution in [-0.4, -0.2) is 25.1 Å². The van der Waals surface area contributed by atoms with Gasteiger partial charge in [0.1, 0.15) is 0 Å². The van der Waals surface area contributed by atoms with Crippen molar-refractivity contribution in [2.75, 3.05) is 14.2 Å². The van der Waals surface area contributed by atoms with Crippen LogP contribution in [0.3, 0.4) is 0 Å². The summed E-state index contributed by atoms with van der Waals surface area (Å²) in [6, 6.07) is 28.3. The first-order valence-electron chi connectivity index (χ1n) is 8.15. The molecule has 0 atom stereocenters. The summed E-state index contributed by atoms with van der Waals surface area (Å²) in [5.74, 6) is 0. The van der Waals surface area contributed by atoms with Crippen molar-refractivity contribution in [1.29, 1.82) is 0 Å². The Bertz CT molecular complexity index is 703. The molecule has 25 heavy (non-hydrogen) atoms. The molecule has 3 nitrogen and oxygen atoms in total. The van der Waals surface area contributed by atoms with Crippen molar-refractivity contribution in [3.63, 3.8) is 0 Å². The molecule has 0 bridgehead atoms. The molecular weight excluding hydrogens is 331 g/mol. The fourth-order valence-electron chi connectivity index (χ4n) is 3.51. The Balaban J connectivity index is 2.49. The molecule has 0 saturated carbocycles. The molecule has 0 saturated heterocycles. The van der Waals surface area contributed by atoms with Crippen LogP contribution in [0.25, 0.3) is 0 Å². The van der Waals surface area contributed by atoms with Crippen LogP contribution in [0.15, 0.2) is 91.0 Å². The SMILES string of the molecule is COC(OC)P(O)(c1ccccc1)(c1ccccc1)c1ccccc1. The van der Waals surface area contributed by atoms with Crippen LogP contribution < -0.4 is 15.9 Å². The maximum atomic E-state index is 12.7. The number of hydrogen-bond acceptors (Lipinski definition) is 3. The molecule has 0 aliphatic heterocycles. The van der Waals surface area contributed by atoms with Gasteiger partial charge in [-0.3, -0.25) is 0 Å². The van der Waals surface area contributed by atoms with E-state index in [4.69, 9.17) is 9.47 Å². The average Bonchev–Trinajstić information content (AvgIpc) is 2.71. The summed E-state index contributed by atoms with van der Waals surface area (Å²) in [7, 11) is 3.14. The minimum absolute atomic E-state index is 0.805. The van der Waals surface area contributed by atoms with Crippen molar-refractivity contribution in [2.45, 2.75) is 6.03 Å². The summed E-state index contributed by atoms with van der Waals surface area (Å²) in [6.07, 6.45) is 0. The molecule has 0 fully saturated rings. The molecule has 1 N–H and O–H groups in total. The molecule has 0 radical (unpaired) electrons. The summed E-state index contributed by atoms with van der Waals surface area (Å²) in [6.45, 7) is -4.01. The van der Waals surface area contributed by atoms with Crippen LogP contribution in [-0.2, 0) is 9.47 Å². The van der Waals surface area contributed by atoms with Gasteiger partial charge in [0.15, 0.2) is 0 Å².